The molecule has 4 heteroatoms. The molecule has 0 heterocycles. The zero-order valence-electron chi connectivity index (χ0n) is 11.6. The van der Waals surface area contributed by atoms with Gasteiger partial charge in [-0.1, -0.05) is 41.9 Å². The van der Waals surface area contributed by atoms with Crippen molar-refractivity contribution in [2.45, 2.75) is 24.2 Å². The normalized spacial score (nSPS) is 17.2. The lowest BCUT2D eigenvalue weighted by Gasteiger charge is -2.26. The number of primary amides is 1. The molecular formula is C17H17ClN2O. The van der Waals surface area contributed by atoms with Gasteiger partial charge >= 0.3 is 0 Å². The van der Waals surface area contributed by atoms with Gasteiger partial charge in [0.1, 0.15) is 0 Å². The summed E-state index contributed by atoms with van der Waals surface area (Å²) in [5, 5.41) is 0.685. The third kappa shape index (κ3) is 2.38. The zero-order chi connectivity index (χ0) is 15.0. The van der Waals surface area contributed by atoms with Crippen LogP contribution < -0.4 is 11.5 Å². The number of para-hydroxylation sites is 1. The van der Waals surface area contributed by atoms with Crippen LogP contribution in [-0.2, 0) is 10.2 Å². The Morgan fingerprint density at radius 2 is 1.71 bits per heavy atom. The van der Waals surface area contributed by atoms with Crippen LogP contribution in [0, 0.1) is 0 Å². The standard InChI is InChI=1S/C17H17ClN2O/c18-12-7-5-11(6-8-12)17(9-10-17)15(16(20)21)13-3-1-2-4-14(13)19/h1-8,15H,9-10,19H2,(H2,20,21). The lowest BCUT2D eigenvalue weighted by molar-refractivity contribution is -0.120. The third-order valence-electron chi connectivity index (χ3n) is 4.35. The van der Waals surface area contributed by atoms with Crippen molar-refractivity contribution >= 4 is 23.2 Å². The molecule has 21 heavy (non-hydrogen) atoms. The summed E-state index contributed by atoms with van der Waals surface area (Å²) in [5.41, 5.74) is 14.0. The average Bonchev–Trinajstić information content (AvgIpc) is 3.23. The molecule has 3 rings (SSSR count). The van der Waals surface area contributed by atoms with E-state index in [4.69, 9.17) is 23.1 Å². The van der Waals surface area contributed by atoms with E-state index in [1.54, 1.807) is 0 Å². The molecule has 1 fully saturated rings. The maximum absolute atomic E-state index is 12.1. The first kappa shape index (κ1) is 14.0. The van der Waals surface area contributed by atoms with Crippen LogP contribution in [0.2, 0.25) is 5.02 Å². The van der Waals surface area contributed by atoms with Crippen LogP contribution in [0.25, 0.3) is 0 Å². The first-order valence-corrected chi connectivity index (χ1v) is 7.32. The number of rotatable bonds is 4. The summed E-state index contributed by atoms with van der Waals surface area (Å²) in [5.74, 6) is -0.736. The van der Waals surface area contributed by atoms with Crippen molar-refractivity contribution in [2.75, 3.05) is 5.73 Å². The van der Waals surface area contributed by atoms with Crippen molar-refractivity contribution in [1.82, 2.24) is 0 Å². The van der Waals surface area contributed by atoms with Gasteiger partial charge in [0.15, 0.2) is 0 Å². The molecule has 1 saturated carbocycles. The molecule has 2 aromatic rings. The molecule has 4 N–H and O–H groups in total. The summed E-state index contributed by atoms with van der Waals surface area (Å²) >= 11 is 5.95. The first-order chi connectivity index (χ1) is 10.0. The van der Waals surface area contributed by atoms with Gasteiger partial charge in [0.25, 0.3) is 0 Å². The van der Waals surface area contributed by atoms with Crippen molar-refractivity contribution in [3.8, 4) is 0 Å². The summed E-state index contributed by atoms with van der Waals surface area (Å²) in [6.07, 6.45) is 1.85. The molecule has 3 nitrogen and oxygen atoms in total. The molecule has 0 radical (unpaired) electrons. The van der Waals surface area contributed by atoms with Crippen LogP contribution in [0.3, 0.4) is 0 Å². The predicted molar refractivity (Wildman–Crippen MR) is 85.2 cm³/mol. The van der Waals surface area contributed by atoms with Gasteiger partial charge in [-0.25, -0.2) is 0 Å². The molecule has 1 atom stereocenters. The van der Waals surface area contributed by atoms with Gasteiger partial charge in [0.05, 0.1) is 5.92 Å². The van der Waals surface area contributed by atoms with E-state index in [1.807, 2.05) is 48.5 Å². The largest absolute Gasteiger partial charge is 0.398 e. The number of amides is 1. The zero-order valence-corrected chi connectivity index (χ0v) is 12.3. The molecule has 0 bridgehead atoms. The van der Waals surface area contributed by atoms with Gasteiger partial charge in [-0.3, -0.25) is 4.79 Å². The van der Waals surface area contributed by atoms with Gasteiger partial charge in [0.2, 0.25) is 5.91 Å². The fourth-order valence-electron chi connectivity index (χ4n) is 3.16. The Labute approximate surface area is 128 Å². The lowest BCUT2D eigenvalue weighted by atomic mass is 9.77. The minimum absolute atomic E-state index is 0.244. The van der Waals surface area contributed by atoms with E-state index in [0.717, 1.165) is 24.0 Å². The van der Waals surface area contributed by atoms with Crippen molar-refractivity contribution < 1.29 is 4.79 Å². The van der Waals surface area contributed by atoms with Gasteiger partial charge in [-0.2, -0.15) is 0 Å². The first-order valence-electron chi connectivity index (χ1n) is 6.94. The molecule has 0 aromatic heterocycles. The number of anilines is 1. The Balaban J connectivity index is 2.08. The highest BCUT2D eigenvalue weighted by Crippen LogP contribution is 2.58. The Hall–Kier alpha value is -2.00. The fraction of sp³-hybridized carbons (Fsp3) is 0.235. The van der Waals surface area contributed by atoms with Gasteiger partial charge < -0.3 is 11.5 Å². The van der Waals surface area contributed by atoms with Crippen LogP contribution in [0.5, 0.6) is 0 Å². The van der Waals surface area contributed by atoms with E-state index in [0.29, 0.717) is 10.7 Å². The molecule has 1 unspecified atom stereocenters. The van der Waals surface area contributed by atoms with Crippen LogP contribution >= 0.6 is 11.6 Å². The fourth-order valence-corrected chi connectivity index (χ4v) is 3.28. The van der Waals surface area contributed by atoms with Crippen LogP contribution in [0.4, 0.5) is 5.69 Å². The Bertz CT molecular complexity index is 677. The van der Waals surface area contributed by atoms with Crippen molar-refractivity contribution in [2.24, 2.45) is 5.73 Å². The molecule has 0 aliphatic heterocycles. The SMILES string of the molecule is NC(=O)C(c1ccccc1N)C1(c2ccc(Cl)cc2)CC1. The highest BCUT2D eigenvalue weighted by Gasteiger charge is 2.53. The van der Waals surface area contributed by atoms with E-state index >= 15 is 0 Å². The minimum Gasteiger partial charge on any atom is -0.398 e. The molecule has 108 valence electrons. The van der Waals surface area contributed by atoms with E-state index < -0.39 is 5.92 Å². The summed E-state index contributed by atoms with van der Waals surface area (Å²) < 4.78 is 0. The second-order valence-electron chi connectivity index (χ2n) is 5.63. The van der Waals surface area contributed by atoms with Crippen LogP contribution in [0.15, 0.2) is 48.5 Å². The topological polar surface area (TPSA) is 69.1 Å². The summed E-state index contributed by atoms with van der Waals surface area (Å²) in [6.45, 7) is 0. The monoisotopic (exact) mass is 300 g/mol. The molecule has 2 aromatic carbocycles. The van der Waals surface area contributed by atoms with Crippen molar-refractivity contribution in [3.05, 3.63) is 64.7 Å². The molecule has 0 spiro atoms. The summed E-state index contributed by atoms with van der Waals surface area (Å²) in [7, 11) is 0. The number of nitrogens with two attached hydrogens (primary N) is 2. The number of halogens is 1. The summed E-state index contributed by atoms with van der Waals surface area (Å²) in [6, 6.07) is 15.1. The number of nitrogen functional groups attached to an aromatic ring is 1. The van der Waals surface area contributed by atoms with Gasteiger partial charge in [-0.05, 0) is 42.2 Å². The van der Waals surface area contributed by atoms with Crippen molar-refractivity contribution in [3.63, 3.8) is 0 Å². The van der Waals surface area contributed by atoms with E-state index in [2.05, 4.69) is 0 Å². The van der Waals surface area contributed by atoms with E-state index in [9.17, 15) is 4.79 Å². The predicted octanol–water partition coefficient (Wildman–Crippen LogP) is 3.22. The quantitative estimate of drug-likeness (QED) is 0.851. The Morgan fingerprint density at radius 1 is 1.10 bits per heavy atom. The average molecular weight is 301 g/mol. The molecular weight excluding hydrogens is 284 g/mol. The third-order valence-corrected chi connectivity index (χ3v) is 4.60. The lowest BCUT2D eigenvalue weighted by Crippen LogP contribution is -2.32. The van der Waals surface area contributed by atoms with E-state index in [-0.39, 0.29) is 11.3 Å². The summed E-state index contributed by atoms with van der Waals surface area (Å²) in [4.78, 5) is 12.1. The maximum Gasteiger partial charge on any atom is 0.225 e. The number of hydrogen-bond donors (Lipinski definition) is 2. The molecule has 1 amide bonds. The highest BCUT2D eigenvalue weighted by molar-refractivity contribution is 6.30. The second-order valence-corrected chi connectivity index (χ2v) is 6.06. The van der Waals surface area contributed by atoms with Gasteiger partial charge in [0, 0.05) is 16.1 Å². The van der Waals surface area contributed by atoms with Crippen LogP contribution in [-0.4, -0.2) is 5.91 Å². The number of carbonyl (C=O) groups is 1. The molecule has 1 aliphatic carbocycles. The van der Waals surface area contributed by atoms with Crippen molar-refractivity contribution in [1.29, 1.82) is 0 Å². The minimum atomic E-state index is -0.403. The van der Waals surface area contributed by atoms with Crippen LogP contribution in [0.1, 0.15) is 29.9 Å². The highest BCUT2D eigenvalue weighted by atomic mass is 35.5. The number of carbonyl (C=O) groups excluding carboxylic acids is 1. The maximum atomic E-state index is 12.1. The number of hydrogen-bond acceptors (Lipinski definition) is 2. The number of benzene rings is 2. The van der Waals surface area contributed by atoms with E-state index in [1.165, 1.54) is 0 Å². The Morgan fingerprint density at radius 3 is 2.24 bits per heavy atom. The Kier molecular flexibility index (Phi) is 3.38. The smallest absolute Gasteiger partial charge is 0.225 e. The molecule has 0 saturated heterocycles. The van der Waals surface area contributed by atoms with Gasteiger partial charge in [-0.15, -0.1) is 0 Å². The second kappa shape index (κ2) is 5.08. The molecule has 1 aliphatic rings.